The summed E-state index contributed by atoms with van der Waals surface area (Å²) in [6.07, 6.45) is -0.768. The lowest BCUT2D eigenvalue weighted by Crippen LogP contribution is -2.57. The van der Waals surface area contributed by atoms with Crippen molar-refractivity contribution in [3.05, 3.63) is 0 Å². The number of rotatable bonds is 1. The number of halogens is 2. The average Bonchev–Trinajstić information content (AvgIpc) is 2.64. The smallest absolute Gasteiger partial charge is 0.410 e. The number of hydrogen-bond donors (Lipinski definition) is 0. The molecule has 0 aliphatic carbocycles. The summed E-state index contributed by atoms with van der Waals surface area (Å²) in [5.74, 6) is -2.95. The van der Waals surface area contributed by atoms with Gasteiger partial charge in [-0.25, -0.2) is 13.6 Å². The lowest BCUT2D eigenvalue weighted by atomic mass is 10.0. The van der Waals surface area contributed by atoms with E-state index in [0.717, 1.165) is 4.90 Å². The quantitative estimate of drug-likeness (QED) is 0.746. The molecular formula is C15H24F2N2O3. The molecule has 0 bridgehead atoms. The molecule has 2 saturated heterocycles. The summed E-state index contributed by atoms with van der Waals surface area (Å²) in [5, 5.41) is 0. The fraction of sp³-hybridized carbons (Fsp3) is 0.867. The van der Waals surface area contributed by atoms with E-state index in [0.29, 0.717) is 13.0 Å². The van der Waals surface area contributed by atoms with Crippen LogP contribution in [0.3, 0.4) is 0 Å². The number of nitrogens with zero attached hydrogens (tertiary/aromatic N) is 2. The van der Waals surface area contributed by atoms with E-state index in [4.69, 9.17) is 4.74 Å². The van der Waals surface area contributed by atoms with Gasteiger partial charge in [-0.2, -0.15) is 0 Å². The van der Waals surface area contributed by atoms with E-state index in [-0.39, 0.29) is 18.4 Å². The molecule has 2 aliphatic heterocycles. The van der Waals surface area contributed by atoms with Gasteiger partial charge in [-0.05, 0) is 26.7 Å². The molecule has 7 heteroatoms. The van der Waals surface area contributed by atoms with Crippen LogP contribution in [0.25, 0.3) is 0 Å². The van der Waals surface area contributed by atoms with E-state index < -0.39 is 36.6 Å². The van der Waals surface area contributed by atoms with Crippen LogP contribution in [0.1, 0.15) is 40.5 Å². The molecule has 5 nitrogen and oxygen atoms in total. The van der Waals surface area contributed by atoms with Crippen molar-refractivity contribution in [1.82, 2.24) is 9.80 Å². The van der Waals surface area contributed by atoms with Crippen molar-refractivity contribution in [1.29, 1.82) is 0 Å². The monoisotopic (exact) mass is 318 g/mol. The van der Waals surface area contributed by atoms with Crippen LogP contribution in [0.2, 0.25) is 0 Å². The van der Waals surface area contributed by atoms with Gasteiger partial charge in [0.05, 0.1) is 12.6 Å². The number of piperidine rings is 1. The number of alkyl halides is 2. The van der Waals surface area contributed by atoms with Crippen LogP contribution in [-0.4, -0.2) is 59.0 Å². The molecule has 2 fully saturated rings. The SMILES string of the molecule is CC1CC(=O)N([C@H]2CN(C(=O)OC(C)(C)C)CC(F)(F)C2)C1. The Hall–Kier alpha value is -1.40. The lowest BCUT2D eigenvalue weighted by Gasteiger charge is -2.41. The molecular weight excluding hydrogens is 294 g/mol. The summed E-state index contributed by atoms with van der Waals surface area (Å²) in [4.78, 5) is 26.5. The summed E-state index contributed by atoms with van der Waals surface area (Å²) >= 11 is 0. The maximum absolute atomic E-state index is 14.0. The Bertz CT molecular complexity index is 462. The first-order valence-electron chi connectivity index (χ1n) is 7.62. The number of ether oxygens (including phenoxy) is 1. The molecule has 0 aromatic rings. The van der Waals surface area contributed by atoms with Gasteiger partial charge in [0.2, 0.25) is 5.91 Å². The average molecular weight is 318 g/mol. The first kappa shape index (κ1) is 17.0. The number of likely N-dealkylation sites (tertiary alicyclic amines) is 2. The zero-order chi connectivity index (χ0) is 16.7. The van der Waals surface area contributed by atoms with Crippen molar-refractivity contribution in [3.63, 3.8) is 0 Å². The summed E-state index contributed by atoms with van der Waals surface area (Å²) in [5.41, 5.74) is -0.739. The third-order valence-corrected chi connectivity index (χ3v) is 3.83. The number of carbonyl (C=O) groups excluding carboxylic acids is 2. The Morgan fingerprint density at radius 2 is 1.95 bits per heavy atom. The highest BCUT2D eigenvalue weighted by Crippen LogP contribution is 2.33. The predicted molar refractivity (Wildman–Crippen MR) is 76.7 cm³/mol. The van der Waals surface area contributed by atoms with Gasteiger partial charge in [0.1, 0.15) is 5.60 Å². The van der Waals surface area contributed by atoms with Crippen LogP contribution in [-0.2, 0) is 9.53 Å². The van der Waals surface area contributed by atoms with Crippen molar-refractivity contribution < 1.29 is 23.1 Å². The van der Waals surface area contributed by atoms with Crippen LogP contribution in [0.5, 0.6) is 0 Å². The summed E-state index contributed by atoms with van der Waals surface area (Å²) in [7, 11) is 0. The largest absolute Gasteiger partial charge is 0.444 e. The minimum atomic E-state index is -3.01. The lowest BCUT2D eigenvalue weighted by molar-refractivity contribution is -0.136. The Morgan fingerprint density at radius 1 is 1.32 bits per heavy atom. The molecule has 1 unspecified atom stereocenters. The third-order valence-electron chi connectivity index (χ3n) is 3.83. The van der Waals surface area contributed by atoms with Crippen molar-refractivity contribution in [3.8, 4) is 0 Å². The highest BCUT2D eigenvalue weighted by molar-refractivity contribution is 5.79. The topological polar surface area (TPSA) is 49.9 Å². The van der Waals surface area contributed by atoms with E-state index in [9.17, 15) is 18.4 Å². The molecule has 2 amide bonds. The van der Waals surface area contributed by atoms with Crippen LogP contribution < -0.4 is 0 Å². The van der Waals surface area contributed by atoms with E-state index >= 15 is 0 Å². The molecule has 2 rings (SSSR count). The zero-order valence-corrected chi connectivity index (χ0v) is 13.6. The standard InChI is InChI=1S/C15H24F2N2O3/c1-10-5-12(20)19(7-10)11-6-15(16,17)9-18(8-11)13(21)22-14(2,3)4/h10-11H,5-9H2,1-4H3/t10?,11-/m1/s1. The molecule has 0 aromatic heterocycles. The second kappa shape index (κ2) is 5.66. The Labute approximate surface area is 129 Å². The van der Waals surface area contributed by atoms with Crippen molar-refractivity contribution in [2.24, 2.45) is 5.92 Å². The number of amides is 2. The van der Waals surface area contributed by atoms with E-state index in [2.05, 4.69) is 0 Å². The van der Waals surface area contributed by atoms with Gasteiger partial charge in [-0.1, -0.05) is 6.92 Å². The van der Waals surface area contributed by atoms with Gasteiger partial charge in [0.15, 0.2) is 0 Å². The fourth-order valence-corrected chi connectivity index (χ4v) is 3.02. The van der Waals surface area contributed by atoms with Gasteiger partial charge in [0, 0.05) is 25.9 Å². The maximum Gasteiger partial charge on any atom is 0.410 e. The fourth-order valence-electron chi connectivity index (χ4n) is 3.02. The molecule has 126 valence electrons. The van der Waals surface area contributed by atoms with Crippen LogP contribution >= 0.6 is 0 Å². The van der Waals surface area contributed by atoms with E-state index in [1.54, 1.807) is 20.8 Å². The third kappa shape index (κ3) is 4.08. The van der Waals surface area contributed by atoms with Gasteiger partial charge in [-0.15, -0.1) is 0 Å². The van der Waals surface area contributed by atoms with Gasteiger partial charge >= 0.3 is 6.09 Å². The first-order valence-corrected chi connectivity index (χ1v) is 7.62. The summed E-state index contributed by atoms with van der Waals surface area (Å²) in [6.45, 7) is 6.91. The molecule has 2 aliphatic rings. The first-order chi connectivity index (χ1) is 9.97. The molecule has 0 saturated carbocycles. The Morgan fingerprint density at radius 3 is 2.45 bits per heavy atom. The molecule has 2 atom stereocenters. The summed E-state index contributed by atoms with van der Waals surface area (Å²) in [6, 6.07) is -0.645. The van der Waals surface area contributed by atoms with E-state index in [1.807, 2.05) is 6.92 Å². The van der Waals surface area contributed by atoms with Gasteiger partial charge in [0.25, 0.3) is 5.92 Å². The van der Waals surface area contributed by atoms with Gasteiger partial charge < -0.3 is 14.5 Å². The van der Waals surface area contributed by atoms with E-state index in [1.165, 1.54) is 4.90 Å². The normalized spacial score (nSPS) is 28.9. The second-order valence-electron chi connectivity index (χ2n) is 7.43. The van der Waals surface area contributed by atoms with Crippen LogP contribution in [0.15, 0.2) is 0 Å². The van der Waals surface area contributed by atoms with Crippen LogP contribution in [0, 0.1) is 5.92 Å². The molecule has 22 heavy (non-hydrogen) atoms. The molecule has 2 heterocycles. The molecule has 0 spiro atoms. The maximum atomic E-state index is 14.0. The molecule has 0 aromatic carbocycles. The number of hydrogen-bond acceptors (Lipinski definition) is 3. The van der Waals surface area contributed by atoms with Crippen molar-refractivity contribution >= 4 is 12.0 Å². The predicted octanol–water partition coefficient (Wildman–Crippen LogP) is 2.50. The minimum Gasteiger partial charge on any atom is -0.444 e. The summed E-state index contributed by atoms with van der Waals surface area (Å²) < 4.78 is 33.2. The zero-order valence-electron chi connectivity index (χ0n) is 13.6. The number of carbonyl (C=O) groups is 2. The Kier molecular flexibility index (Phi) is 4.37. The Balaban J connectivity index is 2.10. The minimum absolute atomic E-state index is 0.100. The molecule has 0 radical (unpaired) electrons. The molecule has 0 N–H and O–H groups in total. The highest BCUT2D eigenvalue weighted by atomic mass is 19.3. The van der Waals surface area contributed by atoms with Crippen molar-refractivity contribution in [2.45, 2.75) is 58.1 Å². The van der Waals surface area contributed by atoms with Crippen molar-refractivity contribution in [2.75, 3.05) is 19.6 Å². The second-order valence-corrected chi connectivity index (χ2v) is 7.43. The van der Waals surface area contributed by atoms with Gasteiger partial charge in [-0.3, -0.25) is 4.79 Å². The highest BCUT2D eigenvalue weighted by Gasteiger charge is 2.47. The van der Waals surface area contributed by atoms with Crippen LogP contribution in [0.4, 0.5) is 13.6 Å².